The van der Waals surface area contributed by atoms with Crippen LogP contribution in [0.3, 0.4) is 0 Å². The number of rotatable bonds is 7. The maximum Gasteiger partial charge on any atom is 0.430 e. The number of amides is 1. The number of carbonyl (C=O) groups is 2. The Hall–Kier alpha value is -2.20. The molecule has 0 aromatic heterocycles. The lowest BCUT2D eigenvalue weighted by molar-refractivity contribution is -0.383. The Morgan fingerprint density at radius 3 is 1.86 bits per heavy atom. The van der Waals surface area contributed by atoms with Crippen LogP contribution in [0.1, 0.15) is 31.8 Å². The first kappa shape index (κ1) is 29.4. The Balaban J connectivity index is 1.89. The quantitative estimate of drug-likeness (QED) is 0.155. The number of Topliss-reactive ketones (excluding diaryl/α,β-unsaturated/α-hetero) is 1. The Morgan fingerprint density at radius 1 is 0.811 bits per heavy atom. The van der Waals surface area contributed by atoms with Gasteiger partial charge >= 0.3 is 12.4 Å². The Morgan fingerprint density at radius 2 is 1.35 bits per heavy atom. The predicted octanol–water partition coefficient (Wildman–Crippen LogP) is 7.54. The summed E-state index contributed by atoms with van der Waals surface area (Å²) < 4.78 is 86.1. The molecule has 37 heavy (non-hydrogen) atoms. The third kappa shape index (κ3) is 6.11. The Kier molecular flexibility index (Phi) is 8.94. The Labute approximate surface area is 235 Å². The summed E-state index contributed by atoms with van der Waals surface area (Å²) in [5.41, 5.74) is -4.42. The predicted molar refractivity (Wildman–Crippen MR) is 142 cm³/mol. The minimum Gasteiger partial charge on any atom is -0.357 e. The molecule has 0 fully saturated rings. The van der Waals surface area contributed by atoms with E-state index in [9.17, 15) is 35.9 Å². The number of hydrogen-bond donors (Lipinski definition) is 1. The van der Waals surface area contributed by atoms with Crippen molar-refractivity contribution < 1.29 is 40.7 Å². The van der Waals surface area contributed by atoms with Crippen molar-refractivity contribution >= 4 is 62.6 Å². The summed E-state index contributed by atoms with van der Waals surface area (Å²) in [6.45, 7) is 0. The molecule has 0 aliphatic rings. The molecule has 0 bridgehead atoms. The zero-order valence-corrected chi connectivity index (χ0v) is 23.1. The third-order valence-corrected chi connectivity index (χ3v) is 7.39. The first-order chi connectivity index (χ1) is 17.2. The fourth-order valence-electron chi connectivity index (χ4n) is 3.64. The summed E-state index contributed by atoms with van der Waals surface area (Å²) in [6, 6.07) is 15.9. The normalized spacial score (nSPS) is 12.4. The number of benzene rings is 3. The maximum atomic E-state index is 13.7. The lowest BCUT2D eigenvalue weighted by atomic mass is 9.90. The number of alkyl halides is 6. The van der Waals surface area contributed by atoms with Crippen LogP contribution < -0.4 is 5.32 Å². The van der Waals surface area contributed by atoms with Crippen molar-refractivity contribution in [2.24, 2.45) is 0 Å². The molecule has 0 saturated carbocycles. The molecule has 0 aliphatic heterocycles. The van der Waals surface area contributed by atoms with Gasteiger partial charge in [-0.15, -0.1) is 0 Å². The summed E-state index contributed by atoms with van der Waals surface area (Å²) >= 11 is 3.20. The third-order valence-electron chi connectivity index (χ3n) is 5.47. The van der Waals surface area contributed by atoms with Crippen LogP contribution in [-0.4, -0.2) is 31.2 Å². The van der Waals surface area contributed by atoms with Crippen molar-refractivity contribution in [1.82, 2.24) is 0 Å². The lowest BCUT2D eigenvalue weighted by Crippen LogP contribution is -2.55. The highest BCUT2D eigenvalue weighted by Gasteiger charge is 2.73. The summed E-state index contributed by atoms with van der Waals surface area (Å²) in [5.74, 6) is -0.829. The fourth-order valence-corrected chi connectivity index (χ4v) is 5.79. The highest BCUT2D eigenvalue weighted by molar-refractivity contribution is 14.1. The molecule has 0 radical (unpaired) electrons. The monoisotopic (exact) mass is 747 g/mol. The standard InChI is InChI=1S/C25H17F6I2NO3/c1-37-23(24(26,27)28,25(29,30)31)16-11-19(32)18(20(33)12-16)13-21(35)15-8-5-9-17(10-15)34-22(36)14-6-3-2-4-7-14/h2-12H,13H2,1H3,(H,34,36). The molecule has 0 atom stereocenters. The molecule has 196 valence electrons. The van der Waals surface area contributed by atoms with Gasteiger partial charge in [-0.1, -0.05) is 30.3 Å². The number of carbonyl (C=O) groups excluding carboxylic acids is 2. The van der Waals surface area contributed by atoms with Crippen LogP contribution >= 0.6 is 45.2 Å². The molecule has 0 unspecified atom stereocenters. The summed E-state index contributed by atoms with van der Waals surface area (Å²) in [6.07, 6.45) is -11.9. The number of anilines is 1. The van der Waals surface area contributed by atoms with E-state index in [4.69, 9.17) is 0 Å². The molecule has 0 heterocycles. The van der Waals surface area contributed by atoms with Gasteiger partial charge in [0.1, 0.15) is 0 Å². The smallest absolute Gasteiger partial charge is 0.357 e. The first-order valence-electron chi connectivity index (χ1n) is 10.4. The van der Waals surface area contributed by atoms with Gasteiger partial charge in [-0.2, -0.15) is 26.3 Å². The second kappa shape index (κ2) is 11.3. The average molecular weight is 747 g/mol. The van der Waals surface area contributed by atoms with Crippen molar-refractivity contribution in [3.05, 3.63) is 96.1 Å². The van der Waals surface area contributed by atoms with Crippen LogP contribution in [0.2, 0.25) is 0 Å². The maximum absolute atomic E-state index is 13.7. The second-order valence-corrected chi connectivity index (χ2v) is 10.1. The molecule has 4 nitrogen and oxygen atoms in total. The van der Waals surface area contributed by atoms with Crippen LogP contribution in [0.5, 0.6) is 0 Å². The van der Waals surface area contributed by atoms with Gasteiger partial charge in [-0.05, 0) is 87.1 Å². The van der Waals surface area contributed by atoms with Crippen LogP contribution in [-0.2, 0) is 16.8 Å². The van der Waals surface area contributed by atoms with E-state index in [0.29, 0.717) is 18.4 Å². The highest BCUT2D eigenvalue weighted by atomic mass is 127. The van der Waals surface area contributed by atoms with Crippen molar-refractivity contribution in [2.45, 2.75) is 24.4 Å². The van der Waals surface area contributed by atoms with Crippen LogP contribution in [0.25, 0.3) is 0 Å². The minimum atomic E-state index is -5.78. The van der Waals surface area contributed by atoms with Crippen molar-refractivity contribution in [3.63, 3.8) is 0 Å². The molecular formula is C25H17F6I2NO3. The van der Waals surface area contributed by atoms with E-state index >= 15 is 0 Å². The minimum absolute atomic E-state index is 0.0382. The summed E-state index contributed by atoms with van der Waals surface area (Å²) in [4.78, 5) is 25.4. The number of ketones is 1. The number of hydrogen-bond acceptors (Lipinski definition) is 3. The molecule has 0 aliphatic carbocycles. The number of methoxy groups -OCH3 is 1. The summed E-state index contributed by atoms with van der Waals surface area (Å²) in [7, 11) is 0.349. The van der Waals surface area contributed by atoms with Gasteiger partial charge in [-0.3, -0.25) is 9.59 Å². The van der Waals surface area contributed by atoms with Gasteiger partial charge < -0.3 is 10.1 Å². The molecular weight excluding hydrogens is 730 g/mol. The van der Waals surface area contributed by atoms with Crippen molar-refractivity contribution in [1.29, 1.82) is 0 Å². The zero-order chi connectivity index (χ0) is 27.6. The number of ether oxygens (including phenoxy) is 1. The van der Waals surface area contributed by atoms with Gasteiger partial charge in [-0.25, -0.2) is 0 Å². The van der Waals surface area contributed by atoms with Crippen LogP contribution in [0.4, 0.5) is 32.0 Å². The van der Waals surface area contributed by atoms with Crippen molar-refractivity contribution in [2.75, 3.05) is 12.4 Å². The van der Waals surface area contributed by atoms with E-state index in [1.165, 1.54) is 12.1 Å². The second-order valence-electron chi connectivity index (χ2n) is 7.80. The number of halogens is 8. The van der Waals surface area contributed by atoms with Crippen LogP contribution in [0.15, 0.2) is 66.7 Å². The SMILES string of the molecule is COC(c1cc(I)c(CC(=O)c2cccc(NC(=O)c3ccccc3)c2)c(I)c1)(C(F)(F)F)C(F)(F)F. The largest absolute Gasteiger partial charge is 0.430 e. The lowest BCUT2D eigenvalue weighted by Gasteiger charge is -2.36. The van der Waals surface area contributed by atoms with Gasteiger partial charge in [0.2, 0.25) is 0 Å². The van der Waals surface area contributed by atoms with E-state index in [0.717, 1.165) is 12.1 Å². The molecule has 3 aromatic carbocycles. The average Bonchev–Trinajstić information content (AvgIpc) is 2.81. The van der Waals surface area contributed by atoms with E-state index in [-0.39, 0.29) is 30.6 Å². The molecule has 3 rings (SSSR count). The van der Waals surface area contributed by atoms with Gasteiger partial charge in [0, 0.05) is 43.0 Å². The molecule has 1 N–H and O–H groups in total. The van der Waals surface area contributed by atoms with E-state index in [2.05, 4.69) is 10.1 Å². The molecule has 0 spiro atoms. The zero-order valence-electron chi connectivity index (χ0n) is 18.8. The van der Waals surface area contributed by atoms with E-state index in [1.807, 2.05) is 0 Å². The van der Waals surface area contributed by atoms with E-state index < -0.39 is 29.3 Å². The van der Waals surface area contributed by atoms with Gasteiger partial charge in [0.15, 0.2) is 5.78 Å². The Bertz CT molecular complexity index is 1270. The molecule has 1 amide bonds. The van der Waals surface area contributed by atoms with Gasteiger partial charge in [0.25, 0.3) is 11.5 Å². The number of nitrogens with one attached hydrogen (secondary N) is 1. The topological polar surface area (TPSA) is 55.4 Å². The summed E-state index contributed by atoms with van der Waals surface area (Å²) in [5, 5.41) is 2.68. The molecule has 0 saturated heterocycles. The van der Waals surface area contributed by atoms with E-state index in [1.54, 1.807) is 87.6 Å². The van der Waals surface area contributed by atoms with Crippen LogP contribution in [0, 0.1) is 7.14 Å². The highest BCUT2D eigenvalue weighted by Crippen LogP contribution is 2.53. The first-order valence-corrected chi connectivity index (χ1v) is 12.5. The molecule has 12 heteroatoms. The molecule has 3 aromatic rings. The van der Waals surface area contributed by atoms with Crippen molar-refractivity contribution in [3.8, 4) is 0 Å². The van der Waals surface area contributed by atoms with Gasteiger partial charge in [0.05, 0.1) is 0 Å². The fraction of sp³-hybridized carbons (Fsp3) is 0.200.